The lowest BCUT2D eigenvalue weighted by Crippen LogP contribution is -2.38. The highest BCUT2D eigenvalue weighted by Crippen LogP contribution is 2.26. The number of likely N-dealkylation sites (tertiary alicyclic amines) is 1. The van der Waals surface area contributed by atoms with Gasteiger partial charge in [0.1, 0.15) is 5.65 Å². The largest absolute Gasteiger partial charge is 0.332 e. The fourth-order valence-electron chi connectivity index (χ4n) is 4.13. The number of pyridine rings is 1. The second kappa shape index (κ2) is 7.72. The standard InChI is InChI=1S/C22H26N4O2/c1-24-20-18(21(27)25(2)22(24)28)10-11-19(23-20)17-9-6-13-26(15-17)14-12-16-7-4-3-5-8-16/h3-5,7-8,10-11,17H,6,9,12-15H2,1-2H3/t17-/m0/s1. The van der Waals surface area contributed by atoms with E-state index in [0.29, 0.717) is 17.0 Å². The van der Waals surface area contributed by atoms with E-state index in [9.17, 15) is 9.59 Å². The third-order valence-corrected chi connectivity index (χ3v) is 5.81. The normalized spacial score (nSPS) is 17.9. The van der Waals surface area contributed by atoms with E-state index in [1.54, 1.807) is 7.05 Å². The van der Waals surface area contributed by atoms with Crippen LogP contribution in [0.15, 0.2) is 52.1 Å². The number of piperidine rings is 1. The zero-order valence-corrected chi connectivity index (χ0v) is 16.5. The molecule has 1 fully saturated rings. The summed E-state index contributed by atoms with van der Waals surface area (Å²) in [6.07, 6.45) is 3.26. The maximum absolute atomic E-state index is 12.4. The lowest BCUT2D eigenvalue weighted by Gasteiger charge is -2.32. The summed E-state index contributed by atoms with van der Waals surface area (Å²) < 4.78 is 2.60. The fraction of sp³-hybridized carbons (Fsp3) is 0.409. The van der Waals surface area contributed by atoms with Crippen LogP contribution < -0.4 is 11.2 Å². The van der Waals surface area contributed by atoms with Crippen LogP contribution in [0.5, 0.6) is 0 Å². The number of hydrogen-bond acceptors (Lipinski definition) is 4. The van der Waals surface area contributed by atoms with Crippen molar-refractivity contribution in [3.05, 3.63) is 74.6 Å². The van der Waals surface area contributed by atoms with E-state index < -0.39 is 0 Å². The minimum Gasteiger partial charge on any atom is -0.302 e. The zero-order valence-electron chi connectivity index (χ0n) is 16.5. The number of fused-ring (bicyclic) bond motifs is 1. The molecule has 1 saturated heterocycles. The lowest BCUT2D eigenvalue weighted by molar-refractivity contribution is 0.208. The Labute approximate surface area is 164 Å². The molecule has 28 heavy (non-hydrogen) atoms. The quantitative estimate of drug-likeness (QED) is 0.697. The molecule has 2 aromatic heterocycles. The molecular weight excluding hydrogens is 352 g/mol. The molecule has 0 aliphatic carbocycles. The zero-order chi connectivity index (χ0) is 19.7. The van der Waals surface area contributed by atoms with E-state index in [1.807, 2.05) is 18.2 Å². The number of benzene rings is 1. The van der Waals surface area contributed by atoms with Gasteiger partial charge in [0.05, 0.1) is 5.39 Å². The minimum atomic E-state index is -0.338. The number of hydrogen-bond donors (Lipinski definition) is 0. The average molecular weight is 378 g/mol. The summed E-state index contributed by atoms with van der Waals surface area (Å²) >= 11 is 0. The molecule has 0 amide bonds. The van der Waals surface area contributed by atoms with Crippen LogP contribution in [-0.4, -0.2) is 38.7 Å². The molecule has 1 aromatic carbocycles. The fourth-order valence-corrected chi connectivity index (χ4v) is 4.13. The van der Waals surface area contributed by atoms with Crippen molar-refractivity contribution in [2.24, 2.45) is 14.1 Å². The summed E-state index contributed by atoms with van der Waals surface area (Å²) in [5.74, 6) is 0.327. The number of aromatic nitrogens is 3. The Morgan fingerprint density at radius 2 is 1.82 bits per heavy atom. The van der Waals surface area contributed by atoms with Crippen molar-refractivity contribution in [2.75, 3.05) is 19.6 Å². The van der Waals surface area contributed by atoms with Crippen LogP contribution in [-0.2, 0) is 20.5 Å². The Kier molecular flexibility index (Phi) is 5.13. The van der Waals surface area contributed by atoms with E-state index >= 15 is 0 Å². The topological polar surface area (TPSA) is 60.1 Å². The van der Waals surface area contributed by atoms with E-state index in [1.165, 1.54) is 17.2 Å². The molecule has 4 rings (SSSR count). The summed E-state index contributed by atoms with van der Waals surface area (Å²) in [4.78, 5) is 31.8. The van der Waals surface area contributed by atoms with Gasteiger partial charge in [0.2, 0.25) is 0 Å². The first-order chi connectivity index (χ1) is 13.5. The third-order valence-electron chi connectivity index (χ3n) is 5.81. The van der Waals surface area contributed by atoms with Crippen LogP contribution in [0.25, 0.3) is 11.0 Å². The smallest absolute Gasteiger partial charge is 0.302 e. The van der Waals surface area contributed by atoms with Gasteiger partial charge >= 0.3 is 5.69 Å². The third kappa shape index (κ3) is 3.52. The van der Waals surface area contributed by atoms with E-state index in [0.717, 1.165) is 49.2 Å². The molecule has 6 heteroatoms. The predicted molar refractivity (Wildman–Crippen MR) is 111 cm³/mol. The van der Waals surface area contributed by atoms with E-state index in [-0.39, 0.29) is 11.2 Å². The minimum absolute atomic E-state index is 0.287. The average Bonchev–Trinajstić information content (AvgIpc) is 2.75. The second-order valence-electron chi connectivity index (χ2n) is 7.69. The molecule has 6 nitrogen and oxygen atoms in total. The Balaban J connectivity index is 1.56. The van der Waals surface area contributed by atoms with E-state index in [4.69, 9.17) is 4.98 Å². The molecule has 3 heterocycles. The molecule has 0 radical (unpaired) electrons. The highest BCUT2D eigenvalue weighted by atomic mass is 16.2. The second-order valence-corrected chi connectivity index (χ2v) is 7.69. The number of aryl methyl sites for hydroxylation is 1. The molecule has 0 spiro atoms. The van der Waals surface area contributed by atoms with Crippen molar-refractivity contribution >= 4 is 11.0 Å². The predicted octanol–water partition coefficient (Wildman–Crippen LogP) is 2.05. The van der Waals surface area contributed by atoms with Gasteiger partial charge in [0.25, 0.3) is 5.56 Å². The van der Waals surface area contributed by atoms with Crippen LogP contribution in [0, 0.1) is 0 Å². The molecule has 3 aromatic rings. The Bertz CT molecular complexity index is 1100. The summed E-state index contributed by atoms with van der Waals surface area (Å²) in [6, 6.07) is 14.3. The molecule has 1 aliphatic heterocycles. The number of nitrogens with zero attached hydrogens (tertiary/aromatic N) is 4. The molecule has 0 saturated carbocycles. The molecule has 1 atom stereocenters. The van der Waals surface area contributed by atoms with Crippen molar-refractivity contribution in [3.8, 4) is 0 Å². The van der Waals surface area contributed by atoms with Gasteiger partial charge < -0.3 is 4.90 Å². The first-order valence-electron chi connectivity index (χ1n) is 9.87. The highest BCUT2D eigenvalue weighted by Gasteiger charge is 2.23. The summed E-state index contributed by atoms with van der Waals surface area (Å²) in [6.45, 7) is 3.10. The Morgan fingerprint density at radius 3 is 2.61 bits per heavy atom. The summed E-state index contributed by atoms with van der Waals surface area (Å²) in [7, 11) is 3.18. The molecule has 0 unspecified atom stereocenters. The molecule has 0 N–H and O–H groups in total. The van der Waals surface area contributed by atoms with Gasteiger partial charge in [0.15, 0.2) is 0 Å². The van der Waals surface area contributed by atoms with Crippen LogP contribution >= 0.6 is 0 Å². The van der Waals surface area contributed by atoms with Gasteiger partial charge in [-0.25, -0.2) is 9.78 Å². The first-order valence-corrected chi connectivity index (χ1v) is 9.87. The first kappa shape index (κ1) is 18.6. The maximum atomic E-state index is 12.4. The van der Waals surface area contributed by atoms with Crippen LogP contribution in [0.1, 0.15) is 30.0 Å². The van der Waals surface area contributed by atoms with Crippen molar-refractivity contribution < 1.29 is 0 Å². The van der Waals surface area contributed by atoms with Gasteiger partial charge in [-0.05, 0) is 43.5 Å². The van der Waals surface area contributed by atoms with Crippen molar-refractivity contribution in [1.82, 2.24) is 19.0 Å². The van der Waals surface area contributed by atoms with Gasteiger partial charge in [-0.2, -0.15) is 0 Å². The molecule has 0 bridgehead atoms. The van der Waals surface area contributed by atoms with E-state index in [2.05, 4.69) is 29.2 Å². The molecule has 146 valence electrons. The van der Waals surface area contributed by atoms with Gasteiger partial charge in [-0.1, -0.05) is 30.3 Å². The van der Waals surface area contributed by atoms with Crippen molar-refractivity contribution in [2.45, 2.75) is 25.2 Å². The summed E-state index contributed by atoms with van der Waals surface area (Å²) in [5.41, 5.74) is 2.19. The van der Waals surface area contributed by atoms with Gasteiger partial charge in [-0.15, -0.1) is 0 Å². The van der Waals surface area contributed by atoms with Gasteiger partial charge in [0, 0.05) is 38.8 Å². The van der Waals surface area contributed by atoms with Crippen LogP contribution in [0.2, 0.25) is 0 Å². The SMILES string of the molecule is Cn1c(=O)c2ccc([C@H]3CCCN(CCc4ccccc4)C3)nc2n(C)c1=O. The van der Waals surface area contributed by atoms with Gasteiger partial charge in [-0.3, -0.25) is 13.9 Å². The molecular formula is C22H26N4O2. The highest BCUT2D eigenvalue weighted by molar-refractivity contribution is 5.74. The van der Waals surface area contributed by atoms with Crippen LogP contribution in [0.3, 0.4) is 0 Å². The number of rotatable bonds is 4. The molecule has 1 aliphatic rings. The maximum Gasteiger partial charge on any atom is 0.332 e. The summed E-state index contributed by atoms with van der Waals surface area (Å²) in [5, 5.41) is 0.491. The monoisotopic (exact) mass is 378 g/mol. The lowest BCUT2D eigenvalue weighted by atomic mass is 9.93. The van der Waals surface area contributed by atoms with Crippen molar-refractivity contribution in [1.29, 1.82) is 0 Å². The Morgan fingerprint density at radius 1 is 1.04 bits per heavy atom. The van der Waals surface area contributed by atoms with Crippen LogP contribution in [0.4, 0.5) is 0 Å². The Hall–Kier alpha value is -2.73. The van der Waals surface area contributed by atoms with Crippen molar-refractivity contribution in [3.63, 3.8) is 0 Å².